The van der Waals surface area contributed by atoms with Crippen LogP contribution in [0, 0.1) is 0 Å². The quantitative estimate of drug-likeness (QED) is 0.430. The summed E-state index contributed by atoms with van der Waals surface area (Å²) in [4.78, 5) is 23.2. The van der Waals surface area contributed by atoms with Gasteiger partial charge in [-0.2, -0.15) is 8.42 Å². The van der Waals surface area contributed by atoms with E-state index in [1.54, 1.807) is 0 Å². The Morgan fingerprint density at radius 1 is 1.33 bits per heavy atom. The highest BCUT2D eigenvalue weighted by Gasteiger charge is 2.26. The standard InChI is InChI=1S/C7H11NO6S/c1-15(11,12)14-3-2-8-6(9)4-13-5-7(8)10/h2-5H2,1H3. The van der Waals surface area contributed by atoms with Gasteiger partial charge in [-0.05, 0) is 0 Å². The number of imide groups is 1. The summed E-state index contributed by atoms with van der Waals surface area (Å²) >= 11 is 0. The number of ether oxygens (including phenoxy) is 1. The smallest absolute Gasteiger partial charge is 0.264 e. The fraction of sp³-hybridized carbons (Fsp3) is 0.714. The summed E-state index contributed by atoms with van der Waals surface area (Å²) in [6, 6.07) is 0. The van der Waals surface area contributed by atoms with Crippen LogP contribution in [0.25, 0.3) is 0 Å². The molecular weight excluding hydrogens is 226 g/mol. The van der Waals surface area contributed by atoms with Crippen LogP contribution in [0.15, 0.2) is 0 Å². The largest absolute Gasteiger partial charge is 0.362 e. The lowest BCUT2D eigenvalue weighted by Crippen LogP contribution is -2.47. The molecule has 86 valence electrons. The lowest BCUT2D eigenvalue weighted by Gasteiger charge is -2.24. The normalized spacial score (nSPS) is 18.3. The number of carbonyl (C=O) groups excluding carboxylic acids is 2. The van der Waals surface area contributed by atoms with E-state index in [0.29, 0.717) is 0 Å². The first-order chi connectivity index (χ1) is 6.90. The van der Waals surface area contributed by atoms with Crippen molar-refractivity contribution in [2.45, 2.75) is 0 Å². The minimum absolute atomic E-state index is 0.0753. The van der Waals surface area contributed by atoms with Gasteiger partial charge in [0, 0.05) is 0 Å². The van der Waals surface area contributed by atoms with Crippen molar-refractivity contribution in [1.29, 1.82) is 0 Å². The van der Waals surface area contributed by atoms with E-state index in [4.69, 9.17) is 0 Å². The van der Waals surface area contributed by atoms with Gasteiger partial charge in [0.1, 0.15) is 13.2 Å². The Bertz CT molecular complexity index is 346. The summed E-state index contributed by atoms with van der Waals surface area (Å²) in [6.07, 6.45) is 0.899. The third kappa shape index (κ3) is 3.94. The third-order valence-corrected chi connectivity index (χ3v) is 2.26. The van der Waals surface area contributed by atoms with Crippen LogP contribution in [0.3, 0.4) is 0 Å². The van der Waals surface area contributed by atoms with Crippen LogP contribution in [0.1, 0.15) is 0 Å². The zero-order valence-electron chi connectivity index (χ0n) is 8.13. The predicted octanol–water partition coefficient (Wildman–Crippen LogP) is -1.65. The minimum Gasteiger partial charge on any atom is -0.362 e. The van der Waals surface area contributed by atoms with Crippen molar-refractivity contribution in [3.8, 4) is 0 Å². The minimum atomic E-state index is -3.54. The highest BCUT2D eigenvalue weighted by atomic mass is 32.2. The molecule has 8 heteroatoms. The van der Waals surface area contributed by atoms with Crippen LogP contribution in [-0.2, 0) is 28.6 Å². The Kier molecular flexibility index (Phi) is 3.77. The second-order valence-corrected chi connectivity index (χ2v) is 4.60. The van der Waals surface area contributed by atoms with Gasteiger partial charge < -0.3 is 4.74 Å². The number of morpholine rings is 1. The molecule has 0 radical (unpaired) electrons. The number of carbonyl (C=O) groups is 2. The molecule has 0 N–H and O–H groups in total. The molecule has 0 saturated carbocycles. The predicted molar refractivity (Wildman–Crippen MR) is 48.3 cm³/mol. The highest BCUT2D eigenvalue weighted by molar-refractivity contribution is 7.85. The Morgan fingerprint density at radius 3 is 2.33 bits per heavy atom. The molecule has 0 spiro atoms. The summed E-state index contributed by atoms with van der Waals surface area (Å²) in [5.74, 6) is -0.966. The molecule has 0 unspecified atom stereocenters. The summed E-state index contributed by atoms with van der Waals surface area (Å²) in [5, 5.41) is 0. The maximum Gasteiger partial charge on any atom is 0.264 e. The Balaban J connectivity index is 2.43. The van der Waals surface area contributed by atoms with E-state index in [9.17, 15) is 18.0 Å². The molecule has 0 aromatic heterocycles. The van der Waals surface area contributed by atoms with Crippen molar-refractivity contribution >= 4 is 21.9 Å². The molecule has 15 heavy (non-hydrogen) atoms. The van der Waals surface area contributed by atoms with Crippen molar-refractivity contribution in [3.05, 3.63) is 0 Å². The first kappa shape index (κ1) is 12.1. The van der Waals surface area contributed by atoms with Crippen LogP contribution in [0.4, 0.5) is 0 Å². The average molecular weight is 237 g/mol. The summed E-state index contributed by atoms with van der Waals surface area (Å²) in [6.45, 7) is -0.625. The van der Waals surface area contributed by atoms with Crippen LogP contribution < -0.4 is 0 Å². The van der Waals surface area contributed by atoms with E-state index < -0.39 is 21.9 Å². The van der Waals surface area contributed by atoms with Gasteiger partial charge >= 0.3 is 0 Å². The van der Waals surface area contributed by atoms with Crippen molar-refractivity contribution in [1.82, 2.24) is 4.90 Å². The van der Waals surface area contributed by atoms with E-state index >= 15 is 0 Å². The van der Waals surface area contributed by atoms with Gasteiger partial charge in [-0.3, -0.25) is 18.7 Å². The molecule has 0 aromatic carbocycles. The van der Waals surface area contributed by atoms with Gasteiger partial charge in [0.15, 0.2) is 0 Å². The molecule has 1 rings (SSSR count). The fourth-order valence-electron chi connectivity index (χ4n) is 1.05. The maximum absolute atomic E-state index is 11.1. The van der Waals surface area contributed by atoms with Crippen LogP contribution >= 0.6 is 0 Å². The van der Waals surface area contributed by atoms with E-state index in [0.717, 1.165) is 11.2 Å². The third-order valence-electron chi connectivity index (χ3n) is 1.67. The maximum atomic E-state index is 11.1. The van der Waals surface area contributed by atoms with Crippen LogP contribution in [-0.4, -0.2) is 57.8 Å². The number of rotatable bonds is 4. The van der Waals surface area contributed by atoms with Gasteiger partial charge in [0.25, 0.3) is 21.9 Å². The number of nitrogens with zero attached hydrogens (tertiary/aromatic N) is 1. The number of amides is 2. The number of hydrogen-bond donors (Lipinski definition) is 0. The topological polar surface area (TPSA) is 90.0 Å². The molecule has 1 heterocycles. The van der Waals surface area contributed by atoms with E-state index in [-0.39, 0.29) is 26.4 Å². The van der Waals surface area contributed by atoms with Crippen molar-refractivity contribution in [3.63, 3.8) is 0 Å². The second-order valence-electron chi connectivity index (χ2n) is 2.96. The summed E-state index contributed by atoms with van der Waals surface area (Å²) < 4.78 is 30.3. The SMILES string of the molecule is CS(=O)(=O)OCCN1C(=O)COCC1=O. The zero-order valence-corrected chi connectivity index (χ0v) is 8.95. The average Bonchev–Trinajstić information content (AvgIpc) is 2.08. The van der Waals surface area contributed by atoms with E-state index in [1.165, 1.54) is 0 Å². The van der Waals surface area contributed by atoms with Gasteiger partial charge in [-0.1, -0.05) is 0 Å². The van der Waals surface area contributed by atoms with E-state index in [1.807, 2.05) is 0 Å². The van der Waals surface area contributed by atoms with Gasteiger partial charge in [0.2, 0.25) is 0 Å². The van der Waals surface area contributed by atoms with Gasteiger partial charge in [0.05, 0.1) is 19.4 Å². The van der Waals surface area contributed by atoms with Crippen molar-refractivity contribution in [2.75, 3.05) is 32.6 Å². The Morgan fingerprint density at radius 2 is 1.87 bits per heavy atom. The summed E-state index contributed by atoms with van der Waals surface area (Å²) in [5.41, 5.74) is 0. The van der Waals surface area contributed by atoms with E-state index in [2.05, 4.69) is 8.92 Å². The number of hydrogen-bond acceptors (Lipinski definition) is 6. The molecule has 2 amide bonds. The molecule has 0 aromatic rings. The zero-order chi connectivity index (χ0) is 11.5. The second kappa shape index (κ2) is 4.69. The molecule has 7 nitrogen and oxygen atoms in total. The van der Waals surface area contributed by atoms with Crippen molar-refractivity contribution in [2.24, 2.45) is 0 Å². The highest BCUT2D eigenvalue weighted by Crippen LogP contribution is 2.00. The van der Waals surface area contributed by atoms with Crippen LogP contribution in [0.2, 0.25) is 0 Å². The summed E-state index contributed by atoms with van der Waals surface area (Å²) in [7, 11) is -3.54. The molecule has 1 saturated heterocycles. The fourth-order valence-corrected chi connectivity index (χ4v) is 1.43. The molecule has 1 aliphatic rings. The van der Waals surface area contributed by atoms with Gasteiger partial charge in [-0.15, -0.1) is 0 Å². The first-order valence-corrected chi connectivity index (χ1v) is 5.97. The molecule has 1 aliphatic heterocycles. The Hall–Kier alpha value is -0.990. The molecule has 0 aliphatic carbocycles. The molecule has 1 fully saturated rings. The molecular formula is C7H11NO6S. The monoisotopic (exact) mass is 237 g/mol. The molecule has 0 bridgehead atoms. The lowest BCUT2D eigenvalue weighted by atomic mass is 10.4. The lowest BCUT2D eigenvalue weighted by molar-refractivity contribution is -0.158. The van der Waals surface area contributed by atoms with Crippen molar-refractivity contribution < 1.29 is 26.9 Å². The molecule has 0 atom stereocenters. The van der Waals surface area contributed by atoms with Crippen LogP contribution in [0.5, 0.6) is 0 Å². The van der Waals surface area contributed by atoms with Gasteiger partial charge in [-0.25, -0.2) is 0 Å². The first-order valence-electron chi connectivity index (χ1n) is 4.15. The Labute approximate surface area is 87.1 Å².